The largest absolute Gasteiger partial charge is 0.386 e. The molecule has 1 aromatic carbocycles. The van der Waals surface area contributed by atoms with Gasteiger partial charge < -0.3 is 5.11 Å². The van der Waals surface area contributed by atoms with Gasteiger partial charge in [0.1, 0.15) is 5.82 Å². The lowest BCUT2D eigenvalue weighted by atomic mass is 9.89. The zero-order valence-electron chi connectivity index (χ0n) is 11.4. The van der Waals surface area contributed by atoms with Gasteiger partial charge in [-0.3, -0.25) is 4.90 Å². The molecule has 0 aromatic heterocycles. The first-order valence-electron chi connectivity index (χ1n) is 6.22. The Morgan fingerprint density at radius 3 is 2.39 bits per heavy atom. The predicted octanol–water partition coefficient (Wildman–Crippen LogP) is 3.74. The Labute approximate surface area is 117 Å². The minimum Gasteiger partial charge on any atom is -0.386 e. The molecular weight excluding hydrogens is 297 g/mol. The van der Waals surface area contributed by atoms with Crippen molar-refractivity contribution in [3.05, 3.63) is 34.1 Å². The summed E-state index contributed by atoms with van der Waals surface area (Å²) in [6.07, 6.45) is -0.866. The van der Waals surface area contributed by atoms with Crippen LogP contribution in [0.1, 0.15) is 39.4 Å². The molecule has 0 aliphatic rings. The standard InChI is InChI=1S/C14H21BrFNO/c1-5-17(6-2)14(3,4)13(18)11-9-10(15)7-8-12(11)16/h7-9,13,18H,5-6H2,1-4H3. The quantitative estimate of drug-likeness (QED) is 0.894. The molecule has 0 heterocycles. The maximum atomic E-state index is 13.8. The Kier molecular flexibility index (Phi) is 5.32. The molecule has 2 nitrogen and oxygen atoms in total. The van der Waals surface area contributed by atoms with Crippen molar-refractivity contribution in [1.29, 1.82) is 0 Å². The highest BCUT2D eigenvalue weighted by Gasteiger charge is 2.35. The monoisotopic (exact) mass is 317 g/mol. The van der Waals surface area contributed by atoms with Crippen molar-refractivity contribution in [2.45, 2.75) is 39.3 Å². The van der Waals surface area contributed by atoms with E-state index in [1.807, 2.05) is 27.7 Å². The Morgan fingerprint density at radius 1 is 1.33 bits per heavy atom. The van der Waals surface area contributed by atoms with E-state index in [0.29, 0.717) is 5.56 Å². The topological polar surface area (TPSA) is 23.5 Å². The maximum Gasteiger partial charge on any atom is 0.129 e. The van der Waals surface area contributed by atoms with Gasteiger partial charge in [-0.25, -0.2) is 4.39 Å². The minimum atomic E-state index is -0.866. The highest BCUT2D eigenvalue weighted by molar-refractivity contribution is 9.10. The first-order chi connectivity index (χ1) is 8.34. The molecular formula is C14H21BrFNO. The lowest BCUT2D eigenvalue weighted by Gasteiger charge is -2.41. The first kappa shape index (κ1) is 15.6. The summed E-state index contributed by atoms with van der Waals surface area (Å²) in [6, 6.07) is 4.65. The van der Waals surface area contributed by atoms with E-state index in [9.17, 15) is 9.50 Å². The van der Waals surface area contributed by atoms with Crippen LogP contribution in [-0.4, -0.2) is 28.6 Å². The van der Waals surface area contributed by atoms with Crippen LogP contribution >= 0.6 is 15.9 Å². The Bertz CT molecular complexity index is 405. The van der Waals surface area contributed by atoms with Gasteiger partial charge in [0.15, 0.2) is 0 Å². The average Bonchev–Trinajstić information content (AvgIpc) is 2.32. The van der Waals surface area contributed by atoms with Gasteiger partial charge in [-0.1, -0.05) is 29.8 Å². The summed E-state index contributed by atoms with van der Waals surface area (Å²) in [7, 11) is 0. The van der Waals surface area contributed by atoms with Crippen LogP contribution in [0.15, 0.2) is 22.7 Å². The normalized spacial score (nSPS) is 14.0. The number of likely N-dealkylation sites (N-methyl/N-ethyl adjacent to an activating group) is 1. The summed E-state index contributed by atoms with van der Waals surface area (Å²) in [5, 5.41) is 10.5. The molecule has 0 bridgehead atoms. The number of halogens is 2. The number of rotatable bonds is 5. The molecule has 0 saturated heterocycles. The molecule has 0 radical (unpaired) electrons. The third-order valence-electron chi connectivity index (χ3n) is 3.50. The first-order valence-corrected chi connectivity index (χ1v) is 7.01. The molecule has 1 N–H and O–H groups in total. The van der Waals surface area contributed by atoms with Crippen molar-refractivity contribution in [1.82, 2.24) is 4.90 Å². The minimum absolute atomic E-state index is 0.335. The van der Waals surface area contributed by atoms with Gasteiger partial charge in [0, 0.05) is 15.6 Å². The van der Waals surface area contributed by atoms with E-state index in [4.69, 9.17) is 0 Å². The number of hydrogen-bond donors (Lipinski definition) is 1. The van der Waals surface area contributed by atoms with Crippen molar-refractivity contribution in [2.24, 2.45) is 0 Å². The molecule has 0 amide bonds. The van der Waals surface area contributed by atoms with Crippen molar-refractivity contribution in [3.63, 3.8) is 0 Å². The van der Waals surface area contributed by atoms with Gasteiger partial charge in [0.05, 0.1) is 6.10 Å². The zero-order chi connectivity index (χ0) is 13.9. The van der Waals surface area contributed by atoms with Gasteiger partial charge in [0.25, 0.3) is 0 Å². The van der Waals surface area contributed by atoms with Crippen LogP contribution in [0.25, 0.3) is 0 Å². The molecule has 1 rings (SSSR count). The average molecular weight is 318 g/mol. The third kappa shape index (κ3) is 3.11. The van der Waals surface area contributed by atoms with Gasteiger partial charge in [-0.15, -0.1) is 0 Å². The molecule has 1 unspecified atom stereocenters. The fourth-order valence-corrected chi connectivity index (χ4v) is 2.70. The summed E-state index contributed by atoms with van der Waals surface area (Å²) in [6.45, 7) is 9.58. The molecule has 0 saturated carbocycles. The summed E-state index contributed by atoms with van der Waals surface area (Å²) in [5.74, 6) is -0.370. The number of aliphatic hydroxyl groups excluding tert-OH is 1. The Hall–Kier alpha value is -0.450. The molecule has 18 heavy (non-hydrogen) atoms. The molecule has 0 aliphatic heterocycles. The molecule has 0 fully saturated rings. The van der Waals surface area contributed by atoms with Crippen molar-refractivity contribution in [2.75, 3.05) is 13.1 Å². The fraction of sp³-hybridized carbons (Fsp3) is 0.571. The summed E-state index contributed by atoms with van der Waals surface area (Å²) in [5.41, 5.74) is -0.174. The lowest BCUT2D eigenvalue weighted by Crippen LogP contribution is -2.48. The molecule has 102 valence electrons. The van der Waals surface area contributed by atoms with E-state index in [1.165, 1.54) is 6.07 Å². The van der Waals surface area contributed by atoms with Gasteiger partial charge in [-0.2, -0.15) is 0 Å². The summed E-state index contributed by atoms with van der Waals surface area (Å²) in [4.78, 5) is 2.12. The van der Waals surface area contributed by atoms with Gasteiger partial charge in [-0.05, 0) is 45.1 Å². The van der Waals surface area contributed by atoms with Crippen LogP contribution in [0, 0.1) is 5.82 Å². The molecule has 1 aromatic rings. The second kappa shape index (κ2) is 6.13. The van der Waals surface area contributed by atoms with Crippen LogP contribution in [0.3, 0.4) is 0 Å². The van der Waals surface area contributed by atoms with Crippen LogP contribution < -0.4 is 0 Å². The van der Waals surface area contributed by atoms with Crippen LogP contribution in [0.5, 0.6) is 0 Å². The van der Waals surface area contributed by atoms with Crippen LogP contribution in [-0.2, 0) is 0 Å². The number of nitrogens with zero attached hydrogens (tertiary/aromatic N) is 1. The van der Waals surface area contributed by atoms with Crippen LogP contribution in [0.4, 0.5) is 4.39 Å². The maximum absolute atomic E-state index is 13.8. The van der Waals surface area contributed by atoms with Gasteiger partial charge in [0.2, 0.25) is 0 Å². The van der Waals surface area contributed by atoms with Crippen molar-refractivity contribution >= 4 is 15.9 Å². The van der Waals surface area contributed by atoms with E-state index in [2.05, 4.69) is 20.8 Å². The van der Waals surface area contributed by atoms with E-state index < -0.39 is 11.6 Å². The zero-order valence-corrected chi connectivity index (χ0v) is 13.0. The molecule has 0 spiro atoms. The van der Waals surface area contributed by atoms with Crippen LogP contribution in [0.2, 0.25) is 0 Å². The fourth-order valence-electron chi connectivity index (χ4n) is 2.32. The smallest absolute Gasteiger partial charge is 0.129 e. The van der Waals surface area contributed by atoms with E-state index in [-0.39, 0.29) is 5.82 Å². The Balaban J connectivity index is 3.12. The number of hydrogen-bond acceptors (Lipinski definition) is 2. The van der Waals surface area contributed by atoms with Crippen molar-refractivity contribution in [3.8, 4) is 0 Å². The SMILES string of the molecule is CCN(CC)C(C)(C)C(O)c1cc(Br)ccc1F. The Morgan fingerprint density at radius 2 is 1.89 bits per heavy atom. The molecule has 0 aliphatic carbocycles. The molecule has 1 atom stereocenters. The van der Waals surface area contributed by atoms with E-state index in [1.54, 1.807) is 12.1 Å². The second-order valence-corrected chi connectivity index (χ2v) is 5.81. The highest BCUT2D eigenvalue weighted by atomic mass is 79.9. The predicted molar refractivity (Wildman–Crippen MR) is 76.1 cm³/mol. The van der Waals surface area contributed by atoms with E-state index in [0.717, 1.165) is 17.6 Å². The number of aliphatic hydroxyl groups is 1. The second-order valence-electron chi connectivity index (χ2n) is 4.89. The van der Waals surface area contributed by atoms with E-state index >= 15 is 0 Å². The summed E-state index contributed by atoms with van der Waals surface area (Å²) < 4.78 is 14.6. The highest BCUT2D eigenvalue weighted by Crippen LogP contribution is 2.33. The lowest BCUT2D eigenvalue weighted by molar-refractivity contribution is -0.00816. The molecule has 4 heteroatoms. The van der Waals surface area contributed by atoms with Gasteiger partial charge >= 0.3 is 0 Å². The van der Waals surface area contributed by atoms with Crippen molar-refractivity contribution < 1.29 is 9.50 Å². The third-order valence-corrected chi connectivity index (χ3v) is 3.99. The summed E-state index contributed by atoms with van der Waals surface area (Å²) >= 11 is 3.31. The number of benzene rings is 1.